The van der Waals surface area contributed by atoms with Crippen molar-refractivity contribution in [3.8, 4) is 0 Å². The maximum absolute atomic E-state index is 2.79. The molecule has 6 rings (SSSR count). The Kier molecular flexibility index (Phi) is 7.40. The third kappa shape index (κ3) is 3.62. The van der Waals surface area contributed by atoms with Crippen LogP contribution < -0.4 is 0 Å². The second-order valence-electron chi connectivity index (χ2n) is 19.4. The summed E-state index contributed by atoms with van der Waals surface area (Å²) < 4.78 is 0. The first kappa shape index (κ1) is 34.8. The molecular formula is C47H68. The molecule has 3 aliphatic rings. The van der Waals surface area contributed by atoms with Gasteiger partial charge in [-0.1, -0.05) is 87.8 Å². The number of rotatable bonds is 4. The van der Waals surface area contributed by atoms with E-state index in [4.69, 9.17) is 0 Å². The van der Waals surface area contributed by atoms with Crippen LogP contribution in [-0.4, -0.2) is 0 Å². The summed E-state index contributed by atoms with van der Waals surface area (Å²) in [5.41, 5.74) is 16.2. The molecule has 3 aromatic rings. The fourth-order valence-corrected chi connectivity index (χ4v) is 13.7. The quantitative estimate of drug-likeness (QED) is 0.198. The molecular weight excluding hydrogens is 565 g/mol. The molecule has 6 unspecified atom stereocenters. The van der Waals surface area contributed by atoms with Crippen molar-refractivity contribution in [1.82, 2.24) is 0 Å². The largest absolute Gasteiger partial charge is 0.0877 e. The fraction of sp³-hybridized carbons (Fsp3) is 0.660. The first-order valence-electron chi connectivity index (χ1n) is 19.0. The number of hydrogen-bond donors (Lipinski definition) is 0. The number of benzene rings is 3. The van der Waals surface area contributed by atoms with Crippen molar-refractivity contribution >= 4 is 21.5 Å². The van der Waals surface area contributed by atoms with Crippen molar-refractivity contribution in [3.63, 3.8) is 0 Å². The minimum absolute atomic E-state index is 0.154. The van der Waals surface area contributed by atoms with Crippen molar-refractivity contribution in [1.29, 1.82) is 0 Å². The molecule has 0 aromatic heterocycles. The number of hydrogen-bond acceptors (Lipinski definition) is 0. The van der Waals surface area contributed by atoms with E-state index in [1.54, 1.807) is 16.3 Å². The lowest BCUT2D eigenvalue weighted by Crippen LogP contribution is -2.58. The molecule has 0 radical (unpaired) electrons. The Morgan fingerprint density at radius 3 is 1.47 bits per heavy atom. The summed E-state index contributed by atoms with van der Waals surface area (Å²) in [5.74, 6) is 1.91. The van der Waals surface area contributed by atoms with Crippen LogP contribution in [0.1, 0.15) is 138 Å². The van der Waals surface area contributed by atoms with Crippen LogP contribution in [0.15, 0.2) is 12.2 Å². The van der Waals surface area contributed by atoms with Gasteiger partial charge >= 0.3 is 0 Å². The first-order valence-corrected chi connectivity index (χ1v) is 19.0. The molecule has 47 heavy (non-hydrogen) atoms. The zero-order chi connectivity index (χ0) is 35.4. The second kappa shape index (κ2) is 10.0. The molecule has 0 nitrogen and oxygen atoms in total. The summed E-state index contributed by atoms with van der Waals surface area (Å²) >= 11 is 0. The van der Waals surface area contributed by atoms with E-state index >= 15 is 0 Å². The monoisotopic (exact) mass is 633 g/mol. The van der Waals surface area contributed by atoms with Gasteiger partial charge in [-0.15, -0.1) is 0 Å². The Morgan fingerprint density at radius 2 is 1.04 bits per heavy atom. The van der Waals surface area contributed by atoms with Crippen molar-refractivity contribution in [2.75, 3.05) is 0 Å². The lowest BCUT2D eigenvalue weighted by atomic mass is 9.41. The summed E-state index contributed by atoms with van der Waals surface area (Å²) in [6, 6.07) is 0. The molecule has 2 fully saturated rings. The molecule has 3 aliphatic carbocycles. The van der Waals surface area contributed by atoms with Crippen LogP contribution in [0.5, 0.6) is 0 Å². The number of allylic oxidation sites excluding steroid dienone is 2. The Morgan fingerprint density at radius 1 is 0.617 bits per heavy atom. The van der Waals surface area contributed by atoms with Crippen LogP contribution in [0.25, 0.3) is 21.5 Å². The molecule has 3 aromatic carbocycles. The molecule has 6 atom stereocenters. The van der Waals surface area contributed by atoms with Gasteiger partial charge in [-0.05, 0) is 203 Å². The SMILES string of the molecule is CCC(C)(C)C1(C)C=CCC2C1C1(C)C(Cc3c4c(C)c(C)c(C)c(C)c4c(C)c4c(C)c(C)c(C)c(C)c34)C(C)(C)C2(C)C1(C)C. The molecule has 2 saturated carbocycles. The van der Waals surface area contributed by atoms with Gasteiger partial charge in [0.05, 0.1) is 0 Å². The Hall–Kier alpha value is -2.08. The molecule has 0 heteroatoms. The van der Waals surface area contributed by atoms with Crippen molar-refractivity contribution in [2.24, 2.45) is 50.2 Å². The van der Waals surface area contributed by atoms with Crippen molar-refractivity contribution < 1.29 is 0 Å². The van der Waals surface area contributed by atoms with Gasteiger partial charge in [0.15, 0.2) is 0 Å². The average molecular weight is 633 g/mol. The van der Waals surface area contributed by atoms with Crippen LogP contribution in [0.3, 0.4) is 0 Å². The van der Waals surface area contributed by atoms with E-state index in [1.807, 2.05) is 0 Å². The fourth-order valence-electron chi connectivity index (χ4n) is 13.7. The Labute approximate surface area is 289 Å². The van der Waals surface area contributed by atoms with Crippen molar-refractivity contribution in [2.45, 2.75) is 151 Å². The zero-order valence-corrected chi connectivity index (χ0v) is 34.0. The van der Waals surface area contributed by atoms with E-state index in [9.17, 15) is 0 Å². The lowest BCUT2D eigenvalue weighted by molar-refractivity contribution is -0.127. The topological polar surface area (TPSA) is 0 Å². The highest BCUT2D eigenvalue weighted by Crippen LogP contribution is 2.88. The summed E-state index contributed by atoms with van der Waals surface area (Å²) in [7, 11) is 0. The summed E-state index contributed by atoms with van der Waals surface area (Å²) in [6.45, 7) is 48.1. The van der Waals surface area contributed by atoms with E-state index < -0.39 is 0 Å². The third-order valence-corrected chi connectivity index (χ3v) is 18.3. The Bertz CT molecular complexity index is 1810. The molecule has 0 amide bonds. The molecule has 0 heterocycles. The molecule has 0 spiro atoms. The Balaban J connectivity index is 1.76. The molecule has 0 aliphatic heterocycles. The zero-order valence-electron chi connectivity index (χ0n) is 34.0. The minimum Gasteiger partial charge on any atom is -0.0877 e. The second-order valence-corrected chi connectivity index (χ2v) is 19.4. The lowest BCUT2D eigenvalue weighted by Gasteiger charge is -2.63. The minimum atomic E-state index is 0.154. The number of fused-ring (bicyclic) bond motifs is 7. The highest BCUT2D eigenvalue weighted by atomic mass is 14.9. The van der Waals surface area contributed by atoms with Crippen LogP contribution in [0.4, 0.5) is 0 Å². The van der Waals surface area contributed by atoms with Gasteiger partial charge in [0.2, 0.25) is 0 Å². The molecule has 0 N–H and O–H groups in total. The predicted octanol–water partition coefficient (Wildman–Crippen LogP) is 13.7. The number of aryl methyl sites for hydroxylation is 5. The van der Waals surface area contributed by atoms with E-state index in [2.05, 4.69) is 144 Å². The van der Waals surface area contributed by atoms with E-state index in [0.29, 0.717) is 17.8 Å². The normalized spacial score (nSPS) is 32.5. The standard InChI is InChI=1S/C47H68/c1-20-42(11,12)45(17)23-21-22-35-41(45)46(18)36(43(13,14)47(35,19)44(46,15)16)24-34-39-31(8)27(4)25(2)29(6)37(39)33(10)38-30(7)26(3)28(5)32(9)40(34)38/h21,23,35-36,41H,20,22,24H2,1-19H3. The maximum Gasteiger partial charge on any atom is -0.00588 e. The van der Waals surface area contributed by atoms with Crippen LogP contribution in [-0.2, 0) is 6.42 Å². The summed E-state index contributed by atoms with van der Waals surface area (Å²) in [5, 5.41) is 6.21. The first-order chi connectivity index (χ1) is 21.4. The van der Waals surface area contributed by atoms with E-state index in [0.717, 1.165) is 6.42 Å². The van der Waals surface area contributed by atoms with Gasteiger partial charge in [0, 0.05) is 0 Å². The van der Waals surface area contributed by atoms with Gasteiger partial charge in [0.1, 0.15) is 0 Å². The summed E-state index contributed by atoms with van der Waals surface area (Å²) in [6.07, 6.45) is 8.89. The van der Waals surface area contributed by atoms with Crippen LogP contribution in [0.2, 0.25) is 0 Å². The maximum atomic E-state index is 2.79. The highest BCUT2D eigenvalue weighted by molar-refractivity contribution is 6.11. The smallest absolute Gasteiger partial charge is 0.00588 e. The molecule has 2 bridgehead atoms. The molecule has 256 valence electrons. The van der Waals surface area contributed by atoms with E-state index in [-0.39, 0.29) is 32.5 Å². The average Bonchev–Trinajstić information content (AvgIpc) is 3.20. The van der Waals surface area contributed by atoms with Crippen LogP contribution >= 0.6 is 0 Å². The predicted molar refractivity (Wildman–Crippen MR) is 208 cm³/mol. The van der Waals surface area contributed by atoms with Crippen LogP contribution in [0, 0.1) is 113 Å². The molecule has 0 saturated heterocycles. The van der Waals surface area contributed by atoms with Gasteiger partial charge in [-0.3, -0.25) is 0 Å². The van der Waals surface area contributed by atoms with Gasteiger partial charge in [-0.25, -0.2) is 0 Å². The highest BCUT2D eigenvalue weighted by Gasteiger charge is 2.83. The van der Waals surface area contributed by atoms with E-state index in [1.165, 1.54) is 73.7 Å². The van der Waals surface area contributed by atoms with Gasteiger partial charge in [-0.2, -0.15) is 0 Å². The summed E-state index contributed by atoms with van der Waals surface area (Å²) in [4.78, 5) is 0. The van der Waals surface area contributed by atoms with Gasteiger partial charge < -0.3 is 0 Å². The van der Waals surface area contributed by atoms with Gasteiger partial charge in [0.25, 0.3) is 0 Å². The van der Waals surface area contributed by atoms with Crippen molar-refractivity contribution in [3.05, 3.63) is 67.8 Å². The third-order valence-electron chi connectivity index (χ3n) is 18.3.